The predicted octanol–water partition coefficient (Wildman–Crippen LogP) is 0.356. The van der Waals surface area contributed by atoms with Crippen molar-refractivity contribution >= 4 is 9.84 Å². The summed E-state index contributed by atoms with van der Waals surface area (Å²) < 4.78 is 25.0. The number of aliphatic hydroxyl groups excluding tert-OH is 1. The lowest BCUT2D eigenvalue weighted by molar-refractivity contribution is 0.284. The number of aromatic nitrogens is 2. The van der Waals surface area contributed by atoms with E-state index >= 15 is 0 Å². The summed E-state index contributed by atoms with van der Waals surface area (Å²) >= 11 is 0. The molecule has 1 aromatic rings. The maximum absolute atomic E-state index is 11.7. The number of aryl methyl sites for hydroxylation is 1. The lowest BCUT2D eigenvalue weighted by Crippen LogP contribution is -2.12. The fourth-order valence-corrected chi connectivity index (χ4v) is 2.81. The van der Waals surface area contributed by atoms with Crippen LogP contribution >= 0.6 is 0 Å². The quantitative estimate of drug-likeness (QED) is 0.719. The SMILES string of the molecule is Cn1ccnc1S(=O)(=O)CCCCCO. The smallest absolute Gasteiger partial charge is 0.227 e. The van der Waals surface area contributed by atoms with Crippen LogP contribution in [0.15, 0.2) is 17.6 Å². The monoisotopic (exact) mass is 232 g/mol. The minimum atomic E-state index is -3.26. The van der Waals surface area contributed by atoms with Crippen molar-refractivity contribution in [2.24, 2.45) is 7.05 Å². The molecule has 5 nitrogen and oxygen atoms in total. The van der Waals surface area contributed by atoms with Crippen molar-refractivity contribution in [3.63, 3.8) is 0 Å². The van der Waals surface area contributed by atoms with Crippen molar-refractivity contribution in [1.82, 2.24) is 9.55 Å². The molecule has 0 aliphatic heterocycles. The van der Waals surface area contributed by atoms with Crippen LogP contribution in [0.4, 0.5) is 0 Å². The Bertz CT molecular complexity index is 397. The van der Waals surface area contributed by atoms with E-state index in [1.54, 1.807) is 13.2 Å². The van der Waals surface area contributed by atoms with Gasteiger partial charge < -0.3 is 9.67 Å². The zero-order valence-electron chi connectivity index (χ0n) is 8.76. The highest BCUT2D eigenvalue weighted by Crippen LogP contribution is 2.09. The first-order chi connectivity index (χ1) is 7.08. The highest BCUT2D eigenvalue weighted by atomic mass is 32.2. The van der Waals surface area contributed by atoms with Crippen LogP contribution in [-0.2, 0) is 16.9 Å². The Labute approximate surface area is 89.7 Å². The fourth-order valence-electron chi connectivity index (χ4n) is 1.32. The second kappa shape index (κ2) is 5.27. The molecule has 1 rings (SSSR count). The molecule has 0 saturated carbocycles. The van der Waals surface area contributed by atoms with E-state index < -0.39 is 9.84 Å². The molecular weight excluding hydrogens is 216 g/mol. The van der Waals surface area contributed by atoms with Crippen molar-refractivity contribution in [3.05, 3.63) is 12.4 Å². The molecule has 0 atom stereocenters. The maximum Gasteiger partial charge on any atom is 0.227 e. The van der Waals surface area contributed by atoms with Gasteiger partial charge in [-0.2, -0.15) is 0 Å². The van der Waals surface area contributed by atoms with Crippen LogP contribution < -0.4 is 0 Å². The molecule has 1 aromatic heterocycles. The van der Waals surface area contributed by atoms with E-state index in [0.29, 0.717) is 12.8 Å². The van der Waals surface area contributed by atoms with Gasteiger partial charge in [-0.25, -0.2) is 13.4 Å². The van der Waals surface area contributed by atoms with Crippen LogP contribution in [0.25, 0.3) is 0 Å². The van der Waals surface area contributed by atoms with Crippen LogP contribution in [-0.4, -0.2) is 35.4 Å². The molecule has 1 N–H and O–H groups in total. The Hall–Kier alpha value is -0.880. The molecule has 15 heavy (non-hydrogen) atoms. The molecule has 86 valence electrons. The van der Waals surface area contributed by atoms with Gasteiger partial charge in [0.2, 0.25) is 15.0 Å². The number of nitrogens with zero attached hydrogens (tertiary/aromatic N) is 2. The van der Waals surface area contributed by atoms with E-state index in [1.165, 1.54) is 10.8 Å². The van der Waals surface area contributed by atoms with Crippen molar-refractivity contribution in [2.45, 2.75) is 24.4 Å². The highest BCUT2D eigenvalue weighted by Gasteiger charge is 2.18. The Morgan fingerprint density at radius 2 is 2.13 bits per heavy atom. The van der Waals surface area contributed by atoms with E-state index in [9.17, 15) is 8.42 Å². The van der Waals surface area contributed by atoms with Crippen molar-refractivity contribution in [3.8, 4) is 0 Å². The number of unbranched alkanes of at least 4 members (excludes halogenated alkanes) is 2. The fraction of sp³-hybridized carbons (Fsp3) is 0.667. The number of aliphatic hydroxyl groups is 1. The Balaban J connectivity index is 2.57. The average molecular weight is 232 g/mol. The van der Waals surface area contributed by atoms with Gasteiger partial charge in [-0.15, -0.1) is 0 Å². The first kappa shape index (κ1) is 12.2. The maximum atomic E-state index is 11.7. The first-order valence-electron chi connectivity index (χ1n) is 4.89. The summed E-state index contributed by atoms with van der Waals surface area (Å²) in [5.74, 6) is 0.0951. The van der Waals surface area contributed by atoms with Gasteiger partial charge in [0, 0.05) is 26.0 Å². The molecule has 0 unspecified atom stereocenters. The molecule has 1 heterocycles. The van der Waals surface area contributed by atoms with Crippen LogP contribution in [0.3, 0.4) is 0 Å². The number of rotatable bonds is 6. The second-order valence-electron chi connectivity index (χ2n) is 3.42. The van der Waals surface area contributed by atoms with Gasteiger partial charge in [-0.05, 0) is 12.8 Å². The van der Waals surface area contributed by atoms with Crippen LogP contribution in [0.5, 0.6) is 0 Å². The minimum Gasteiger partial charge on any atom is -0.396 e. The molecular formula is C9H16N2O3S. The molecule has 0 fully saturated rings. The third kappa shape index (κ3) is 3.32. The number of hydrogen-bond acceptors (Lipinski definition) is 4. The van der Waals surface area contributed by atoms with Crippen LogP contribution in [0.2, 0.25) is 0 Å². The molecule has 0 bridgehead atoms. The van der Waals surface area contributed by atoms with Crippen molar-refractivity contribution in [1.29, 1.82) is 0 Å². The largest absolute Gasteiger partial charge is 0.396 e. The normalized spacial score (nSPS) is 11.9. The summed E-state index contributed by atoms with van der Waals surface area (Å²) in [6.45, 7) is 0.114. The van der Waals surface area contributed by atoms with E-state index in [0.717, 1.165) is 6.42 Å². The summed E-state index contributed by atoms with van der Waals surface area (Å²) in [6, 6.07) is 0. The lowest BCUT2D eigenvalue weighted by Gasteiger charge is -2.03. The number of hydrogen-bond donors (Lipinski definition) is 1. The van der Waals surface area contributed by atoms with Gasteiger partial charge in [0.15, 0.2) is 0 Å². The molecule has 0 aliphatic carbocycles. The van der Waals surface area contributed by atoms with E-state index in [1.807, 2.05) is 0 Å². The molecule has 0 amide bonds. The summed E-state index contributed by atoms with van der Waals surface area (Å²) in [5, 5.41) is 8.67. The summed E-state index contributed by atoms with van der Waals surface area (Å²) in [4.78, 5) is 3.81. The van der Waals surface area contributed by atoms with E-state index in [-0.39, 0.29) is 17.5 Å². The Kier molecular flexibility index (Phi) is 4.28. The topological polar surface area (TPSA) is 72.2 Å². The highest BCUT2D eigenvalue weighted by molar-refractivity contribution is 7.91. The summed E-state index contributed by atoms with van der Waals surface area (Å²) in [5.41, 5.74) is 0. The third-order valence-electron chi connectivity index (χ3n) is 2.13. The van der Waals surface area contributed by atoms with Gasteiger partial charge in [-0.3, -0.25) is 0 Å². The Morgan fingerprint density at radius 1 is 1.40 bits per heavy atom. The molecule has 0 aromatic carbocycles. The number of sulfone groups is 1. The van der Waals surface area contributed by atoms with Crippen LogP contribution in [0, 0.1) is 0 Å². The van der Waals surface area contributed by atoms with Crippen LogP contribution in [0.1, 0.15) is 19.3 Å². The molecule has 0 saturated heterocycles. The second-order valence-corrected chi connectivity index (χ2v) is 5.43. The van der Waals surface area contributed by atoms with E-state index in [4.69, 9.17) is 5.11 Å². The van der Waals surface area contributed by atoms with Gasteiger partial charge in [0.05, 0.1) is 5.75 Å². The van der Waals surface area contributed by atoms with Gasteiger partial charge >= 0.3 is 0 Å². The third-order valence-corrected chi connectivity index (χ3v) is 3.90. The van der Waals surface area contributed by atoms with Gasteiger partial charge in [0.25, 0.3) is 0 Å². The molecule has 0 radical (unpaired) electrons. The molecule has 0 aliphatic rings. The van der Waals surface area contributed by atoms with Gasteiger partial charge in [0.1, 0.15) is 0 Å². The number of imidazole rings is 1. The molecule has 6 heteroatoms. The summed E-state index contributed by atoms with van der Waals surface area (Å²) in [6.07, 6.45) is 5.02. The average Bonchev–Trinajstić information content (AvgIpc) is 2.60. The minimum absolute atomic E-state index is 0.0951. The lowest BCUT2D eigenvalue weighted by atomic mass is 10.3. The van der Waals surface area contributed by atoms with Crippen molar-refractivity contribution < 1.29 is 13.5 Å². The summed E-state index contributed by atoms with van der Waals surface area (Å²) in [7, 11) is -1.60. The standard InChI is InChI=1S/C9H16N2O3S/c1-11-6-5-10-9(11)15(13,14)8-4-2-3-7-12/h5-6,12H,2-4,7-8H2,1H3. The first-order valence-corrected chi connectivity index (χ1v) is 6.54. The Morgan fingerprint density at radius 3 is 2.67 bits per heavy atom. The molecule has 0 spiro atoms. The van der Waals surface area contributed by atoms with Crippen molar-refractivity contribution in [2.75, 3.05) is 12.4 Å². The predicted molar refractivity (Wildman–Crippen MR) is 56.2 cm³/mol. The van der Waals surface area contributed by atoms with Gasteiger partial charge in [-0.1, -0.05) is 6.42 Å². The zero-order valence-corrected chi connectivity index (χ0v) is 9.57. The van der Waals surface area contributed by atoms with E-state index in [2.05, 4.69) is 4.98 Å². The zero-order chi connectivity index (χ0) is 11.3.